The van der Waals surface area contributed by atoms with Crippen molar-refractivity contribution in [1.29, 1.82) is 0 Å². The van der Waals surface area contributed by atoms with Crippen molar-refractivity contribution in [3.63, 3.8) is 0 Å². The first-order valence-corrected chi connectivity index (χ1v) is 11.1. The number of amides is 1. The van der Waals surface area contributed by atoms with E-state index in [0.717, 1.165) is 16.7 Å². The van der Waals surface area contributed by atoms with Gasteiger partial charge in [-0.05, 0) is 35.5 Å². The Labute approximate surface area is 194 Å². The highest BCUT2D eigenvalue weighted by molar-refractivity contribution is 6.79. The first-order valence-electron chi connectivity index (χ1n) is 11.1. The summed E-state index contributed by atoms with van der Waals surface area (Å²) in [5.41, 5.74) is 3.31. The minimum absolute atomic E-state index is 0.0317. The molecule has 33 heavy (non-hydrogen) atoms. The van der Waals surface area contributed by atoms with Crippen LogP contribution in [0.15, 0.2) is 103 Å². The molecule has 1 saturated heterocycles. The molecule has 3 aromatic carbocycles. The van der Waals surface area contributed by atoms with Gasteiger partial charge in [0.1, 0.15) is 5.82 Å². The molecule has 6 heteroatoms. The summed E-state index contributed by atoms with van der Waals surface area (Å²) >= 11 is 0. The molecule has 0 aliphatic carbocycles. The Bertz CT molecular complexity index is 1220. The first kappa shape index (κ1) is 20.9. The highest BCUT2D eigenvalue weighted by atomic mass is 16.2. The van der Waals surface area contributed by atoms with Gasteiger partial charge in [0.2, 0.25) is 13.2 Å². The lowest BCUT2D eigenvalue weighted by atomic mass is 9.61. The number of anilines is 2. The summed E-state index contributed by atoms with van der Waals surface area (Å²) in [6.45, 7) is 2.07. The molecule has 2 heterocycles. The quantitative estimate of drug-likeness (QED) is 0.394. The molecule has 5 rings (SSSR count). The number of aromatic nitrogens is 2. The molecule has 1 fully saturated rings. The number of carbonyl (C=O) groups excluding carboxylic acids is 1. The van der Waals surface area contributed by atoms with E-state index < -0.39 is 0 Å². The van der Waals surface area contributed by atoms with Gasteiger partial charge >= 0.3 is 0 Å². The number of rotatable bonds is 6. The lowest BCUT2D eigenvalue weighted by Crippen LogP contribution is -2.29. The average molecular weight is 431 g/mol. The maximum absolute atomic E-state index is 13.3. The van der Waals surface area contributed by atoms with Crippen LogP contribution in [0.2, 0.25) is 0 Å². The van der Waals surface area contributed by atoms with Crippen molar-refractivity contribution in [3.05, 3.63) is 120 Å². The highest BCUT2D eigenvalue weighted by Crippen LogP contribution is 2.42. The fraction of sp³-hybridized carbons (Fsp3) is 0.148. The minimum atomic E-state index is -0.185. The van der Waals surface area contributed by atoms with Crippen LogP contribution in [0, 0.1) is 0 Å². The summed E-state index contributed by atoms with van der Waals surface area (Å²) < 4.78 is 0. The van der Waals surface area contributed by atoms with Crippen LogP contribution >= 0.6 is 0 Å². The molecule has 161 valence electrons. The van der Waals surface area contributed by atoms with E-state index in [0.29, 0.717) is 11.8 Å². The smallest absolute Gasteiger partial charge is 0.244 e. The van der Waals surface area contributed by atoms with Crippen LogP contribution in [0.4, 0.5) is 16.6 Å². The fourth-order valence-electron chi connectivity index (χ4n) is 4.41. The molecule has 1 aliphatic rings. The van der Waals surface area contributed by atoms with Gasteiger partial charge in [-0.3, -0.25) is 9.69 Å². The Morgan fingerprint density at radius 2 is 1.45 bits per heavy atom. The van der Waals surface area contributed by atoms with Crippen LogP contribution in [0.25, 0.3) is 0 Å². The van der Waals surface area contributed by atoms with Crippen molar-refractivity contribution in [3.8, 4) is 0 Å². The minimum Gasteiger partial charge on any atom is -0.348 e. The van der Waals surface area contributed by atoms with E-state index in [-0.39, 0.29) is 23.7 Å². The Morgan fingerprint density at radius 1 is 0.848 bits per heavy atom. The molecule has 1 aliphatic heterocycles. The zero-order chi connectivity index (χ0) is 22.6. The standard InChI is InChI=1S/C27H24BN4O/c1-19(20-11-5-2-6-12-20)30-27-29-18-17-23(31-27)32-25(22-15-9-4-10-16-22)24(28-26(32)33)21-13-7-3-8-14-21/h2-19,24-25H,1H3,(H,29,30,31). The normalized spacial score (nSPS) is 18.6. The van der Waals surface area contributed by atoms with Crippen LogP contribution in [0.5, 0.6) is 0 Å². The van der Waals surface area contributed by atoms with Crippen molar-refractivity contribution in [2.45, 2.75) is 24.8 Å². The third-order valence-corrected chi connectivity index (χ3v) is 6.04. The van der Waals surface area contributed by atoms with Crippen LogP contribution in [-0.2, 0) is 0 Å². The molecular formula is C27H24BN4O. The molecule has 1 radical (unpaired) electrons. The molecule has 0 bridgehead atoms. The second-order valence-corrected chi connectivity index (χ2v) is 8.18. The Hall–Kier alpha value is -3.93. The molecule has 5 nitrogen and oxygen atoms in total. The van der Waals surface area contributed by atoms with E-state index in [2.05, 4.69) is 53.6 Å². The van der Waals surface area contributed by atoms with Gasteiger partial charge in [0.25, 0.3) is 0 Å². The average Bonchev–Trinajstić information content (AvgIpc) is 3.23. The molecule has 3 unspecified atom stereocenters. The first-order chi connectivity index (χ1) is 16.2. The van der Waals surface area contributed by atoms with Crippen molar-refractivity contribution >= 4 is 24.9 Å². The summed E-state index contributed by atoms with van der Waals surface area (Å²) in [5, 5.41) is 3.36. The molecule has 0 saturated carbocycles. The lowest BCUT2D eigenvalue weighted by Gasteiger charge is -2.29. The maximum atomic E-state index is 13.3. The summed E-state index contributed by atoms with van der Waals surface area (Å²) in [5.74, 6) is 0.946. The second-order valence-electron chi connectivity index (χ2n) is 8.18. The summed E-state index contributed by atoms with van der Waals surface area (Å²) in [4.78, 5) is 24.2. The van der Waals surface area contributed by atoms with E-state index in [4.69, 9.17) is 4.98 Å². The van der Waals surface area contributed by atoms with Crippen LogP contribution in [0.1, 0.15) is 41.5 Å². The van der Waals surface area contributed by atoms with Crippen molar-refractivity contribution in [2.24, 2.45) is 0 Å². The molecule has 1 N–H and O–H groups in total. The number of hydrogen-bond acceptors (Lipinski definition) is 4. The van der Waals surface area contributed by atoms with Crippen LogP contribution in [-0.4, -0.2) is 23.1 Å². The van der Waals surface area contributed by atoms with E-state index in [9.17, 15) is 4.79 Å². The maximum Gasteiger partial charge on any atom is 0.244 e. The van der Waals surface area contributed by atoms with E-state index in [1.54, 1.807) is 24.4 Å². The number of hydrogen-bond donors (Lipinski definition) is 1. The summed E-state index contributed by atoms with van der Waals surface area (Å²) in [6.07, 6.45) is 1.70. The largest absolute Gasteiger partial charge is 0.348 e. The third-order valence-electron chi connectivity index (χ3n) is 6.04. The van der Waals surface area contributed by atoms with Crippen LogP contribution < -0.4 is 10.2 Å². The zero-order valence-electron chi connectivity index (χ0n) is 18.4. The third kappa shape index (κ3) is 4.37. The number of benzene rings is 3. The second kappa shape index (κ2) is 9.29. The predicted octanol–water partition coefficient (Wildman–Crippen LogP) is 5.78. The van der Waals surface area contributed by atoms with E-state index >= 15 is 0 Å². The van der Waals surface area contributed by atoms with Gasteiger partial charge in [-0.15, -0.1) is 0 Å². The lowest BCUT2D eigenvalue weighted by molar-refractivity contribution is 0.263. The number of nitrogens with zero attached hydrogens (tertiary/aromatic N) is 3. The van der Waals surface area contributed by atoms with Gasteiger partial charge in [0.05, 0.1) is 12.1 Å². The van der Waals surface area contributed by atoms with Gasteiger partial charge in [0.15, 0.2) is 5.81 Å². The van der Waals surface area contributed by atoms with Crippen molar-refractivity contribution in [2.75, 3.05) is 10.2 Å². The predicted molar refractivity (Wildman–Crippen MR) is 133 cm³/mol. The summed E-state index contributed by atoms with van der Waals surface area (Å²) in [7, 11) is 1.80. The molecular weight excluding hydrogens is 407 g/mol. The van der Waals surface area contributed by atoms with Gasteiger partial charge in [-0.2, -0.15) is 4.98 Å². The number of carbonyl (C=O) groups is 1. The molecule has 4 aromatic rings. The Balaban J connectivity index is 1.49. The van der Waals surface area contributed by atoms with Gasteiger partial charge in [-0.1, -0.05) is 91.0 Å². The summed E-state index contributed by atoms with van der Waals surface area (Å²) in [6, 6.07) is 32.1. The molecule has 1 amide bonds. The van der Waals surface area contributed by atoms with Crippen molar-refractivity contribution in [1.82, 2.24) is 9.97 Å². The Kier molecular flexibility index (Phi) is 5.90. The van der Waals surface area contributed by atoms with Gasteiger partial charge in [0, 0.05) is 6.20 Å². The SMILES string of the molecule is CC(Nc1nccc(N2C(=O)[B]C(c3ccccc3)C2c2ccccc2)n1)c1ccccc1. The Morgan fingerprint density at radius 3 is 2.12 bits per heavy atom. The molecule has 3 atom stereocenters. The van der Waals surface area contributed by atoms with E-state index in [1.165, 1.54) is 0 Å². The molecule has 1 aromatic heterocycles. The topological polar surface area (TPSA) is 58.1 Å². The monoisotopic (exact) mass is 431 g/mol. The zero-order valence-corrected chi connectivity index (χ0v) is 18.4. The molecule has 0 spiro atoms. The fourth-order valence-corrected chi connectivity index (χ4v) is 4.41. The number of nitrogens with one attached hydrogen (secondary N) is 1. The van der Waals surface area contributed by atoms with Gasteiger partial charge < -0.3 is 5.32 Å². The van der Waals surface area contributed by atoms with Crippen molar-refractivity contribution < 1.29 is 4.79 Å². The van der Waals surface area contributed by atoms with E-state index in [1.807, 2.05) is 54.6 Å². The van der Waals surface area contributed by atoms with Gasteiger partial charge in [-0.25, -0.2) is 4.98 Å². The highest BCUT2D eigenvalue weighted by Gasteiger charge is 2.43. The van der Waals surface area contributed by atoms with Crippen LogP contribution in [0.3, 0.4) is 0 Å².